The van der Waals surface area contributed by atoms with Crippen LogP contribution in [0.4, 0.5) is 51.2 Å². The molecule has 0 aliphatic rings. The van der Waals surface area contributed by atoms with Crippen LogP contribution in [-0.2, 0) is 0 Å². The summed E-state index contributed by atoms with van der Waals surface area (Å²) in [6.45, 7) is 6.17. The zero-order chi connectivity index (χ0) is 44.4. The first kappa shape index (κ1) is 44.0. The maximum Gasteiger partial charge on any atom is 0.120 e. The van der Waals surface area contributed by atoms with E-state index in [4.69, 9.17) is 9.47 Å². The molecule has 0 unspecified atom stereocenters. The van der Waals surface area contributed by atoms with Crippen LogP contribution >= 0.6 is 0 Å². The second kappa shape index (κ2) is 22.2. The molecule has 318 valence electrons. The number of rotatable bonds is 11. The minimum Gasteiger partial charge on any atom is -0.497 e. The average molecular weight is 838 g/mol. The van der Waals surface area contributed by atoms with Gasteiger partial charge in [0.05, 0.1) is 7.11 Å². The summed E-state index contributed by atoms with van der Waals surface area (Å²) in [6, 6.07) is 89.1. The van der Waals surface area contributed by atoms with Crippen LogP contribution < -0.4 is 24.2 Å². The van der Waals surface area contributed by atoms with Crippen LogP contribution in [0.15, 0.2) is 261 Å². The molecule has 5 nitrogen and oxygen atoms in total. The normalized spacial score (nSPS) is 10.5. The molecule has 9 rings (SSSR count). The lowest BCUT2D eigenvalue weighted by atomic mass is 10.1. The standard InChI is InChI=1S/C22H23NO.C19H17NO.C18H15N/c1-22(2,3)24-21-16-14-20(15-17-21)23(18-10-6-4-7-11-18)19-12-8-5-9-13-19;1-21-19-14-12-18(13-15-19)20(16-8-4-2-5-9-16)17-10-6-3-7-11-17;1-4-10-16(11-5-1)19(17-12-6-2-7-13-17)18-14-8-3-9-15-18/h4-17H,1-3H3;2-15H,1H3;1-15H. The van der Waals surface area contributed by atoms with Crippen molar-refractivity contribution in [2.45, 2.75) is 26.4 Å². The molecule has 0 spiro atoms. The Hall–Kier alpha value is -8.02. The highest BCUT2D eigenvalue weighted by Gasteiger charge is 2.15. The van der Waals surface area contributed by atoms with Crippen LogP contribution in [0, 0.1) is 0 Å². The van der Waals surface area contributed by atoms with Crippen LogP contribution in [0.1, 0.15) is 20.8 Å². The predicted octanol–water partition coefficient (Wildman–Crippen LogP) is 16.7. The summed E-state index contributed by atoms with van der Waals surface area (Å²) in [5.41, 5.74) is 10.0. The van der Waals surface area contributed by atoms with Crippen molar-refractivity contribution in [3.63, 3.8) is 0 Å². The Balaban J connectivity index is 0.000000145. The van der Waals surface area contributed by atoms with Gasteiger partial charge in [-0.25, -0.2) is 0 Å². The maximum atomic E-state index is 5.93. The molecule has 0 atom stereocenters. The molecule has 0 N–H and O–H groups in total. The third-order valence-electron chi connectivity index (χ3n) is 9.95. The topological polar surface area (TPSA) is 28.2 Å². The fraction of sp³-hybridized carbons (Fsp3) is 0.0847. The first-order chi connectivity index (χ1) is 31.4. The van der Waals surface area contributed by atoms with Gasteiger partial charge in [-0.3, -0.25) is 0 Å². The Kier molecular flexibility index (Phi) is 15.3. The van der Waals surface area contributed by atoms with Crippen molar-refractivity contribution in [2.24, 2.45) is 0 Å². The molecule has 64 heavy (non-hydrogen) atoms. The van der Waals surface area contributed by atoms with Crippen molar-refractivity contribution in [3.05, 3.63) is 261 Å². The lowest BCUT2D eigenvalue weighted by Crippen LogP contribution is -2.22. The van der Waals surface area contributed by atoms with Crippen molar-refractivity contribution in [2.75, 3.05) is 21.8 Å². The molecular formula is C59H55N3O2. The largest absolute Gasteiger partial charge is 0.497 e. The Morgan fingerprint density at radius 3 is 0.625 bits per heavy atom. The van der Waals surface area contributed by atoms with Gasteiger partial charge in [0.25, 0.3) is 0 Å². The van der Waals surface area contributed by atoms with Crippen molar-refractivity contribution in [3.8, 4) is 11.5 Å². The smallest absolute Gasteiger partial charge is 0.120 e. The molecule has 5 heteroatoms. The SMILES string of the molecule is CC(C)(C)Oc1ccc(N(c2ccccc2)c2ccccc2)cc1.COc1ccc(N(c2ccccc2)c2ccccc2)cc1.c1ccc(N(c2ccccc2)c2ccccc2)cc1. The van der Waals surface area contributed by atoms with Gasteiger partial charge >= 0.3 is 0 Å². The molecule has 0 bridgehead atoms. The maximum absolute atomic E-state index is 5.93. The van der Waals surface area contributed by atoms with Crippen LogP contribution in [0.5, 0.6) is 11.5 Å². The minimum atomic E-state index is -0.194. The van der Waals surface area contributed by atoms with E-state index in [1.807, 2.05) is 66.7 Å². The molecule has 0 saturated carbocycles. The quantitative estimate of drug-likeness (QED) is 0.129. The zero-order valence-corrected chi connectivity index (χ0v) is 37.0. The Bertz CT molecular complexity index is 2490. The van der Waals surface area contributed by atoms with E-state index in [9.17, 15) is 0 Å². The number of hydrogen-bond acceptors (Lipinski definition) is 5. The highest BCUT2D eigenvalue weighted by molar-refractivity contribution is 5.78. The predicted molar refractivity (Wildman–Crippen MR) is 270 cm³/mol. The van der Waals surface area contributed by atoms with Gasteiger partial charge in [-0.15, -0.1) is 0 Å². The lowest BCUT2D eigenvalue weighted by molar-refractivity contribution is 0.131. The van der Waals surface area contributed by atoms with E-state index in [-0.39, 0.29) is 5.60 Å². The van der Waals surface area contributed by atoms with Crippen LogP contribution in [0.2, 0.25) is 0 Å². The van der Waals surface area contributed by atoms with Gasteiger partial charge in [-0.2, -0.15) is 0 Å². The molecule has 9 aromatic carbocycles. The van der Waals surface area contributed by atoms with Gasteiger partial charge in [-0.05, 0) is 154 Å². The molecule has 0 radical (unpaired) electrons. The first-order valence-corrected chi connectivity index (χ1v) is 21.6. The van der Waals surface area contributed by atoms with Crippen molar-refractivity contribution in [1.82, 2.24) is 0 Å². The van der Waals surface area contributed by atoms with Gasteiger partial charge in [0.15, 0.2) is 0 Å². The number of ether oxygens (including phenoxy) is 2. The van der Waals surface area contributed by atoms with E-state index in [0.29, 0.717) is 0 Å². The van der Waals surface area contributed by atoms with Gasteiger partial charge < -0.3 is 24.2 Å². The number of nitrogens with zero attached hydrogens (tertiary/aromatic N) is 3. The second-order valence-corrected chi connectivity index (χ2v) is 15.8. The summed E-state index contributed by atoms with van der Waals surface area (Å²) < 4.78 is 11.2. The number of hydrogen-bond donors (Lipinski definition) is 0. The van der Waals surface area contributed by atoms with Crippen molar-refractivity contribution < 1.29 is 9.47 Å². The highest BCUT2D eigenvalue weighted by Crippen LogP contribution is 2.37. The fourth-order valence-corrected chi connectivity index (χ4v) is 7.13. The van der Waals surface area contributed by atoms with Gasteiger partial charge in [0.1, 0.15) is 17.1 Å². The second-order valence-electron chi connectivity index (χ2n) is 15.8. The lowest BCUT2D eigenvalue weighted by Gasteiger charge is -2.26. The molecular weight excluding hydrogens is 783 g/mol. The Labute approximate surface area is 379 Å². The number of anilines is 9. The van der Waals surface area contributed by atoms with Crippen molar-refractivity contribution in [1.29, 1.82) is 0 Å². The van der Waals surface area contributed by atoms with Gasteiger partial charge in [0.2, 0.25) is 0 Å². The number of para-hydroxylation sites is 7. The average Bonchev–Trinajstić information content (AvgIpc) is 3.35. The summed E-state index contributed by atoms with van der Waals surface area (Å²) >= 11 is 0. The van der Waals surface area contributed by atoms with Gasteiger partial charge in [0, 0.05) is 51.2 Å². The summed E-state index contributed by atoms with van der Waals surface area (Å²) in [5, 5.41) is 0. The molecule has 0 amide bonds. The minimum absolute atomic E-state index is 0.194. The number of benzene rings is 9. The zero-order valence-electron chi connectivity index (χ0n) is 37.0. The van der Waals surface area contributed by atoms with E-state index in [1.165, 1.54) is 17.1 Å². The van der Waals surface area contributed by atoms with E-state index >= 15 is 0 Å². The third kappa shape index (κ3) is 12.3. The fourth-order valence-electron chi connectivity index (χ4n) is 7.13. The summed E-state index contributed by atoms with van der Waals surface area (Å²) in [5.74, 6) is 1.74. The van der Waals surface area contributed by atoms with E-state index in [2.05, 4.69) is 230 Å². The molecule has 0 saturated heterocycles. The molecule has 9 aromatic rings. The van der Waals surface area contributed by atoms with Crippen LogP contribution in [0.25, 0.3) is 0 Å². The summed E-state index contributed by atoms with van der Waals surface area (Å²) in [4.78, 5) is 6.71. The third-order valence-corrected chi connectivity index (χ3v) is 9.95. The molecule has 0 aromatic heterocycles. The Morgan fingerprint density at radius 2 is 0.438 bits per heavy atom. The van der Waals surface area contributed by atoms with Crippen LogP contribution in [-0.4, -0.2) is 12.7 Å². The van der Waals surface area contributed by atoms with Crippen LogP contribution in [0.3, 0.4) is 0 Å². The van der Waals surface area contributed by atoms with E-state index in [0.717, 1.165) is 45.6 Å². The molecule has 0 aliphatic carbocycles. The Morgan fingerprint density at radius 1 is 0.250 bits per heavy atom. The summed E-state index contributed by atoms with van der Waals surface area (Å²) in [6.07, 6.45) is 0. The number of methoxy groups -OCH3 is 1. The monoisotopic (exact) mass is 837 g/mol. The molecule has 0 heterocycles. The summed E-state index contributed by atoms with van der Waals surface area (Å²) in [7, 11) is 1.68. The molecule has 0 aliphatic heterocycles. The van der Waals surface area contributed by atoms with E-state index in [1.54, 1.807) is 7.11 Å². The van der Waals surface area contributed by atoms with Gasteiger partial charge in [-0.1, -0.05) is 127 Å². The first-order valence-electron chi connectivity index (χ1n) is 21.6. The van der Waals surface area contributed by atoms with E-state index < -0.39 is 0 Å². The highest BCUT2D eigenvalue weighted by atomic mass is 16.5. The van der Waals surface area contributed by atoms with Crippen molar-refractivity contribution >= 4 is 51.2 Å². The molecule has 0 fully saturated rings.